The second-order valence-electron chi connectivity index (χ2n) is 10.1. The second-order valence-corrected chi connectivity index (χ2v) is 11.7. The Morgan fingerprint density at radius 1 is 1.14 bits per heavy atom. The van der Waals surface area contributed by atoms with Crippen molar-refractivity contribution in [3.63, 3.8) is 0 Å². The Bertz CT molecular complexity index is 1770. The Labute approximate surface area is 246 Å². The third kappa shape index (κ3) is 6.48. The molecule has 1 aliphatic heterocycles. The average molecular weight is 614 g/mol. The summed E-state index contributed by atoms with van der Waals surface area (Å²) < 4.78 is 72.8. The molecule has 4 aromatic rings. The van der Waals surface area contributed by atoms with Gasteiger partial charge < -0.3 is 25.0 Å². The molecule has 226 valence electrons. The highest BCUT2D eigenvalue weighted by atomic mass is 32.2. The number of halogens is 2. The highest BCUT2D eigenvalue weighted by Gasteiger charge is 2.25. The van der Waals surface area contributed by atoms with Crippen molar-refractivity contribution in [1.29, 1.82) is 5.41 Å². The van der Waals surface area contributed by atoms with E-state index in [9.17, 15) is 17.2 Å². The van der Waals surface area contributed by atoms with Gasteiger partial charge in [0, 0.05) is 48.4 Å². The summed E-state index contributed by atoms with van der Waals surface area (Å²) in [6.07, 6.45) is 2.63. The van der Waals surface area contributed by atoms with Gasteiger partial charge in [-0.15, -0.1) is 10.2 Å². The molecule has 12 nitrogen and oxygen atoms in total. The van der Waals surface area contributed by atoms with Gasteiger partial charge in [0.05, 0.1) is 31.4 Å². The zero-order valence-electron chi connectivity index (χ0n) is 23.5. The van der Waals surface area contributed by atoms with E-state index in [2.05, 4.69) is 24.8 Å². The number of benzene rings is 2. The molecule has 0 bridgehead atoms. The van der Waals surface area contributed by atoms with Crippen LogP contribution in [0.3, 0.4) is 0 Å². The van der Waals surface area contributed by atoms with Crippen molar-refractivity contribution in [3.8, 4) is 28.5 Å². The SMILES string of the molecule is COc1ncc(-c2cc(N)c(C=N)c(-c3nnc(CN4C[C@@H](C)O[C@@H](C)C4)o3)c2)cc1NS(=O)(=O)c1ccc(F)cc1F. The zero-order valence-corrected chi connectivity index (χ0v) is 24.3. The van der Waals surface area contributed by atoms with Crippen LogP contribution >= 0.6 is 0 Å². The van der Waals surface area contributed by atoms with Crippen LogP contribution in [0.1, 0.15) is 25.3 Å². The number of anilines is 2. The molecule has 5 rings (SSSR count). The van der Waals surface area contributed by atoms with Crippen LogP contribution in [0.5, 0.6) is 5.88 Å². The lowest BCUT2D eigenvalue weighted by Gasteiger charge is -2.34. The van der Waals surface area contributed by atoms with Crippen molar-refractivity contribution >= 4 is 27.6 Å². The van der Waals surface area contributed by atoms with Crippen LogP contribution in [0.4, 0.5) is 20.2 Å². The van der Waals surface area contributed by atoms with Gasteiger partial charge in [-0.1, -0.05) is 0 Å². The molecule has 0 amide bonds. The molecule has 1 aliphatic rings. The number of methoxy groups -OCH3 is 1. The van der Waals surface area contributed by atoms with Crippen LogP contribution in [0.25, 0.3) is 22.6 Å². The zero-order chi connectivity index (χ0) is 30.9. The smallest absolute Gasteiger partial charge is 0.264 e. The lowest BCUT2D eigenvalue weighted by Crippen LogP contribution is -2.44. The summed E-state index contributed by atoms with van der Waals surface area (Å²) in [5.41, 5.74) is 8.05. The van der Waals surface area contributed by atoms with E-state index in [0.717, 1.165) is 18.3 Å². The van der Waals surface area contributed by atoms with Crippen LogP contribution in [0.15, 0.2) is 51.9 Å². The molecule has 0 saturated carbocycles. The molecule has 2 aromatic heterocycles. The Kier molecular flexibility index (Phi) is 8.39. The third-order valence-electron chi connectivity index (χ3n) is 6.71. The minimum absolute atomic E-state index is 0.0642. The molecule has 43 heavy (non-hydrogen) atoms. The molecule has 4 N–H and O–H groups in total. The van der Waals surface area contributed by atoms with Crippen LogP contribution in [0.2, 0.25) is 0 Å². The molecule has 2 atom stereocenters. The molecule has 1 saturated heterocycles. The van der Waals surface area contributed by atoms with Crippen LogP contribution < -0.4 is 15.2 Å². The summed E-state index contributed by atoms with van der Waals surface area (Å²) in [7, 11) is -3.20. The van der Waals surface area contributed by atoms with Gasteiger partial charge in [-0.2, -0.15) is 0 Å². The first-order valence-electron chi connectivity index (χ1n) is 13.1. The van der Waals surface area contributed by atoms with E-state index < -0.39 is 26.6 Å². The predicted octanol–water partition coefficient (Wildman–Crippen LogP) is 4.08. The number of nitrogen functional groups attached to an aromatic ring is 1. The van der Waals surface area contributed by atoms with Crippen LogP contribution in [-0.2, 0) is 21.3 Å². The van der Waals surface area contributed by atoms with Crippen LogP contribution in [0, 0.1) is 17.0 Å². The largest absolute Gasteiger partial charge is 0.480 e. The maximum Gasteiger partial charge on any atom is 0.264 e. The van der Waals surface area contributed by atoms with E-state index in [1.807, 2.05) is 13.8 Å². The number of pyridine rings is 1. The molecule has 0 aliphatic carbocycles. The molecule has 3 heterocycles. The predicted molar refractivity (Wildman–Crippen MR) is 154 cm³/mol. The van der Waals surface area contributed by atoms with E-state index in [4.69, 9.17) is 25.0 Å². The van der Waals surface area contributed by atoms with Gasteiger partial charge in [0.2, 0.25) is 17.7 Å². The summed E-state index contributed by atoms with van der Waals surface area (Å²) >= 11 is 0. The highest BCUT2D eigenvalue weighted by molar-refractivity contribution is 7.92. The number of ether oxygens (including phenoxy) is 2. The average Bonchev–Trinajstić information content (AvgIpc) is 3.39. The van der Waals surface area contributed by atoms with Gasteiger partial charge in [0.25, 0.3) is 10.0 Å². The second kappa shape index (κ2) is 12.0. The molecule has 0 unspecified atom stereocenters. The van der Waals surface area contributed by atoms with E-state index in [0.29, 0.717) is 53.8 Å². The number of sulfonamides is 1. The van der Waals surface area contributed by atoms with Gasteiger partial charge >= 0.3 is 0 Å². The summed E-state index contributed by atoms with van der Waals surface area (Å²) in [6, 6.07) is 6.80. The number of hydrogen-bond donors (Lipinski definition) is 3. The molecule has 1 fully saturated rings. The third-order valence-corrected chi connectivity index (χ3v) is 8.11. The lowest BCUT2D eigenvalue weighted by atomic mass is 9.98. The number of rotatable bonds is 9. The number of nitrogens with one attached hydrogen (secondary N) is 2. The summed E-state index contributed by atoms with van der Waals surface area (Å²) in [6.45, 7) is 5.83. The van der Waals surface area contributed by atoms with Gasteiger partial charge in [-0.25, -0.2) is 22.2 Å². The maximum atomic E-state index is 14.3. The van der Waals surface area contributed by atoms with Crippen LogP contribution in [-0.4, -0.2) is 67.1 Å². The van der Waals surface area contributed by atoms with Gasteiger partial charge in [-0.05, 0) is 49.7 Å². The standard InChI is InChI=1S/C28H29F2N7O5S/c1-15-12-37(13-16(2)41-15)14-26-34-35-27(42-26)20-6-17(7-23(32)21(20)10-31)18-8-24(28(40-3)33-11-18)36-43(38,39)25-5-4-19(29)9-22(25)30/h4-11,15-16,31,36H,12-14,32H2,1-3H3/t15-,16+. The number of nitrogens with zero attached hydrogens (tertiary/aromatic N) is 4. The molecule has 2 aromatic carbocycles. The van der Waals surface area contributed by atoms with Crippen molar-refractivity contribution in [2.75, 3.05) is 30.7 Å². The fourth-order valence-electron chi connectivity index (χ4n) is 4.95. The fraction of sp³-hybridized carbons (Fsp3) is 0.286. The Balaban J connectivity index is 1.48. The van der Waals surface area contributed by atoms with Gasteiger partial charge in [0.15, 0.2) is 0 Å². The first kappa shape index (κ1) is 30.0. The Hall–Kier alpha value is -4.47. The normalized spacial score (nSPS) is 17.5. The van der Waals surface area contributed by atoms with Gasteiger partial charge in [0.1, 0.15) is 22.2 Å². The number of nitrogens with two attached hydrogens (primary N) is 1. The Morgan fingerprint density at radius 3 is 2.56 bits per heavy atom. The summed E-state index contributed by atoms with van der Waals surface area (Å²) in [4.78, 5) is 5.59. The van der Waals surface area contributed by atoms with E-state index >= 15 is 0 Å². The van der Waals surface area contributed by atoms with Crippen molar-refractivity contribution in [3.05, 3.63) is 65.7 Å². The number of hydrogen-bond acceptors (Lipinski definition) is 11. The minimum atomic E-state index is -4.49. The summed E-state index contributed by atoms with van der Waals surface area (Å²) in [5.74, 6) is -1.74. The molecule has 0 radical (unpaired) electrons. The van der Waals surface area contributed by atoms with Crippen molar-refractivity contribution in [2.24, 2.45) is 0 Å². The Morgan fingerprint density at radius 2 is 1.88 bits per heavy atom. The minimum Gasteiger partial charge on any atom is -0.480 e. The molecule has 0 spiro atoms. The number of aromatic nitrogens is 3. The lowest BCUT2D eigenvalue weighted by molar-refractivity contribution is -0.0721. The monoisotopic (exact) mass is 613 g/mol. The fourth-order valence-corrected chi connectivity index (χ4v) is 6.06. The van der Waals surface area contributed by atoms with Crippen molar-refractivity contribution in [2.45, 2.75) is 37.5 Å². The van der Waals surface area contributed by atoms with Crippen molar-refractivity contribution < 1.29 is 31.1 Å². The van der Waals surface area contributed by atoms with E-state index in [1.54, 1.807) is 12.1 Å². The molecular formula is C28H29F2N7O5S. The molecular weight excluding hydrogens is 584 g/mol. The highest BCUT2D eigenvalue weighted by Crippen LogP contribution is 2.35. The van der Waals surface area contributed by atoms with E-state index in [-0.39, 0.29) is 35.4 Å². The molecule has 15 heteroatoms. The first-order valence-corrected chi connectivity index (χ1v) is 14.6. The van der Waals surface area contributed by atoms with E-state index in [1.165, 1.54) is 19.4 Å². The van der Waals surface area contributed by atoms with Gasteiger partial charge in [-0.3, -0.25) is 9.62 Å². The topological polar surface area (TPSA) is 170 Å². The quantitative estimate of drug-likeness (QED) is 0.185. The number of morpholine rings is 1. The first-order chi connectivity index (χ1) is 20.5. The van der Waals surface area contributed by atoms with Crippen molar-refractivity contribution in [1.82, 2.24) is 20.1 Å². The maximum absolute atomic E-state index is 14.3. The summed E-state index contributed by atoms with van der Waals surface area (Å²) in [5, 5.41) is 16.3.